The van der Waals surface area contributed by atoms with Gasteiger partial charge in [0.2, 0.25) is 0 Å². The number of aryl methyl sites for hydroxylation is 1. The summed E-state index contributed by atoms with van der Waals surface area (Å²) in [6.07, 6.45) is 4.87. The molecule has 1 unspecified atom stereocenters. The first-order chi connectivity index (χ1) is 10.2. The highest BCUT2D eigenvalue weighted by atomic mass is 16.5. The van der Waals surface area contributed by atoms with Crippen molar-refractivity contribution in [3.05, 3.63) is 29.8 Å². The van der Waals surface area contributed by atoms with Crippen LogP contribution in [0.25, 0.3) is 0 Å². The predicted molar refractivity (Wildman–Crippen MR) is 82.8 cm³/mol. The summed E-state index contributed by atoms with van der Waals surface area (Å²) in [7, 11) is 0. The molecule has 0 bridgehead atoms. The van der Waals surface area contributed by atoms with Crippen molar-refractivity contribution in [1.82, 2.24) is 4.90 Å². The number of benzene rings is 1. The maximum Gasteiger partial charge on any atom is 0.320 e. The SMILES string of the molecule is Cc1cccc(OCCCCN2CCCCC2C(=O)O)c1. The monoisotopic (exact) mass is 291 g/mol. The Balaban J connectivity index is 1.66. The summed E-state index contributed by atoms with van der Waals surface area (Å²) in [6, 6.07) is 7.77. The van der Waals surface area contributed by atoms with Crippen LogP contribution in [0.5, 0.6) is 5.75 Å². The van der Waals surface area contributed by atoms with Gasteiger partial charge in [-0.2, -0.15) is 0 Å². The van der Waals surface area contributed by atoms with Crippen molar-refractivity contribution in [2.75, 3.05) is 19.7 Å². The molecule has 4 nitrogen and oxygen atoms in total. The number of aliphatic carboxylic acids is 1. The Kier molecular flexibility index (Phi) is 6.05. The van der Waals surface area contributed by atoms with E-state index in [4.69, 9.17) is 4.74 Å². The third-order valence-electron chi connectivity index (χ3n) is 4.00. The van der Waals surface area contributed by atoms with Crippen LogP contribution < -0.4 is 4.74 Å². The molecular formula is C17H25NO3. The zero-order valence-electron chi connectivity index (χ0n) is 12.8. The molecular weight excluding hydrogens is 266 g/mol. The van der Waals surface area contributed by atoms with Gasteiger partial charge in [-0.15, -0.1) is 0 Å². The molecule has 0 aromatic heterocycles. The molecule has 1 aromatic rings. The van der Waals surface area contributed by atoms with E-state index in [1.807, 2.05) is 18.2 Å². The van der Waals surface area contributed by atoms with Crippen molar-refractivity contribution < 1.29 is 14.6 Å². The number of ether oxygens (including phenoxy) is 1. The summed E-state index contributed by atoms with van der Waals surface area (Å²) in [5.74, 6) is 0.238. The van der Waals surface area contributed by atoms with E-state index in [1.165, 1.54) is 5.56 Å². The molecule has 1 heterocycles. The maximum absolute atomic E-state index is 11.2. The average molecular weight is 291 g/mol. The van der Waals surface area contributed by atoms with Crippen molar-refractivity contribution in [3.63, 3.8) is 0 Å². The fourth-order valence-corrected chi connectivity index (χ4v) is 2.85. The highest BCUT2D eigenvalue weighted by Gasteiger charge is 2.27. The minimum absolute atomic E-state index is 0.281. The molecule has 1 N–H and O–H groups in total. The van der Waals surface area contributed by atoms with Gasteiger partial charge in [0, 0.05) is 0 Å². The number of hydrogen-bond donors (Lipinski definition) is 1. The molecule has 1 fully saturated rings. The first-order valence-corrected chi connectivity index (χ1v) is 7.83. The number of rotatable bonds is 7. The normalized spacial score (nSPS) is 19.4. The van der Waals surface area contributed by atoms with Crippen molar-refractivity contribution in [1.29, 1.82) is 0 Å². The van der Waals surface area contributed by atoms with Crippen LogP contribution in [-0.4, -0.2) is 41.7 Å². The smallest absolute Gasteiger partial charge is 0.320 e. The maximum atomic E-state index is 11.2. The van der Waals surface area contributed by atoms with E-state index >= 15 is 0 Å². The lowest BCUT2D eigenvalue weighted by Gasteiger charge is -2.32. The fraction of sp³-hybridized carbons (Fsp3) is 0.588. The molecule has 1 aliphatic heterocycles. The van der Waals surface area contributed by atoms with Gasteiger partial charge < -0.3 is 9.84 Å². The van der Waals surface area contributed by atoms with E-state index in [9.17, 15) is 9.90 Å². The molecule has 21 heavy (non-hydrogen) atoms. The van der Waals surface area contributed by atoms with E-state index in [0.29, 0.717) is 6.61 Å². The predicted octanol–water partition coefficient (Wildman–Crippen LogP) is 3.09. The Morgan fingerprint density at radius 2 is 2.24 bits per heavy atom. The molecule has 1 aliphatic rings. The third-order valence-corrected chi connectivity index (χ3v) is 4.00. The first kappa shape index (κ1) is 15.8. The van der Waals surface area contributed by atoms with Gasteiger partial charge in [0.25, 0.3) is 0 Å². The first-order valence-electron chi connectivity index (χ1n) is 7.83. The summed E-state index contributed by atoms with van der Waals surface area (Å²) >= 11 is 0. The van der Waals surface area contributed by atoms with E-state index in [1.54, 1.807) is 0 Å². The second kappa shape index (κ2) is 8.03. The Hall–Kier alpha value is -1.55. The van der Waals surface area contributed by atoms with E-state index in [2.05, 4.69) is 17.9 Å². The molecule has 1 saturated heterocycles. The van der Waals surface area contributed by atoms with Crippen LogP contribution in [0.3, 0.4) is 0 Å². The lowest BCUT2D eigenvalue weighted by molar-refractivity contribution is -0.144. The summed E-state index contributed by atoms with van der Waals surface area (Å²) in [6.45, 7) is 4.51. The van der Waals surface area contributed by atoms with Crippen LogP contribution in [0.2, 0.25) is 0 Å². The Morgan fingerprint density at radius 3 is 3.00 bits per heavy atom. The largest absolute Gasteiger partial charge is 0.494 e. The molecule has 0 spiro atoms. The van der Waals surface area contributed by atoms with Crippen LogP contribution in [-0.2, 0) is 4.79 Å². The molecule has 1 aromatic carbocycles. The molecule has 116 valence electrons. The van der Waals surface area contributed by atoms with Crippen LogP contribution in [0.4, 0.5) is 0 Å². The fourth-order valence-electron chi connectivity index (χ4n) is 2.85. The lowest BCUT2D eigenvalue weighted by Crippen LogP contribution is -2.45. The molecule has 4 heteroatoms. The third kappa shape index (κ3) is 5.05. The highest BCUT2D eigenvalue weighted by molar-refractivity contribution is 5.73. The van der Waals surface area contributed by atoms with Gasteiger partial charge in [-0.3, -0.25) is 9.69 Å². The second-order valence-corrected chi connectivity index (χ2v) is 5.76. The number of nitrogens with zero attached hydrogens (tertiary/aromatic N) is 1. The molecule has 1 atom stereocenters. The second-order valence-electron chi connectivity index (χ2n) is 5.76. The van der Waals surface area contributed by atoms with Crippen LogP contribution in [0.1, 0.15) is 37.7 Å². The van der Waals surface area contributed by atoms with Crippen molar-refractivity contribution in [3.8, 4) is 5.75 Å². The van der Waals surface area contributed by atoms with Crippen LogP contribution >= 0.6 is 0 Å². The Labute approximate surface area is 126 Å². The standard InChI is InChI=1S/C17H25NO3/c1-14-7-6-8-15(13-14)21-12-5-4-11-18-10-3-2-9-16(18)17(19)20/h6-8,13,16H,2-5,9-12H2,1H3,(H,19,20). The van der Waals surface area contributed by atoms with Gasteiger partial charge in [-0.25, -0.2) is 0 Å². The summed E-state index contributed by atoms with van der Waals surface area (Å²) in [4.78, 5) is 13.3. The van der Waals surface area contributed by atoms with E-state index < -0.39 is 5.97 Å². The highest BCUT2D eigenvalue weighted by Crippen LogP contribution is 2.18. The number of carbonyl (C=O) groups is 1. The Morgan fingerprint density at radius 1 is 1.38 bits per heavy atom. The number of carboxylic acids is 1. The minimum Gasteiger partial charge on any atom is -0.494 e. The molecule has 0 radical (unpaired) electrons. The number of likely N-dealkylation sites (tertiary alicyclic amines) is 1. The lowest BCUT2D eigenvalue weighted by atomic mass is 10.0. The topological polar surface area (TPSA) is 49.8 Å². The van der Waals surface area contributed by atoms with Gasteiger partial charge in [0.05, 0.1) is 6.61 Å². The summed E-state index contributed by atoms with van der Waals surface area (Å²) < 4.78 is 5.72. The molecule has 2 rings (SSSR count). The number of unbranched alkanes of at least 4 members (excludes halogenated alkanes) is 1. The number of piperidine rings is 1. The number of hydrogen-bond acceptors (Lipinski definition) is 3. The molecule has 0 amide bonds. The van der Waals surface area contributed by atoms with Crippen LogP contribution in [0.15, 0.2) is 24.3 Å². The minimum atomic E-state index is -0.675. The van der Waals surface area contributed by atoms with Gasteiger partial charge in [0.1, 0.15) is 11.8 Å². The van der Waals surface area contributed by atoms with Crippen molar-refractivity contribution >= 4 is 5.97 Å². The molecule has 0 saturated carbocycles. The van der Waals surface area contributed by atoms with Crippen molar-refractivity contribution in [2.24, 2.45) is 0 Å². The van der Waals surface area contributed by atoms with Crippen molar-refractivity contribution in [2.45, 2.75) is 45.1 Å². The zero-order valence-corrected chi connectivity index (χ0v) is 12.8. The van der Waals surface area contributed by atoms with E-state index in [0.717, 1.165) is 50.9 Å². The van der Waals surface area contributed by atoms with E-state index in [-0.39, 0.29) is 6.04 Å². The molecule has 0 aliphatic carbocycles. The average Bonchev–Trinajstić information content (AvgIpc) is 2.47. The summed E-state index contributed by atoms with van der Waals surface area (Å²) in [5, 5.41) is 9.22. The Bertz CT molecular complexity index is 461. The van der Waals surface area contributed by atoms with Crippen LogP contribution in [0, 0.1) is 6.92 Å². The van der Waals surface area contributed by atoms with Gasteiger partial charge >= 0.3 is 5.97 Å². The van der Waals surface area contributed by atoms with Gasteiger partial charge in [-0.1, -0.05) is 18.6 Å². The number of carboxylic acid groups (broad SMARTS) is 1. The quantitative estimate of drug-likeness (QED) is 0.784. The zero-order chi connectivity index (χ0) is 15.1. The summed E-state index contributed by atoms with van der Waals surface area (Å²) in [5.41, 5.74) is 1.20. The van der Waals surface area contributed by atoms with Gasteiger partial charge in [0.15, 0.2) is 0 Å². The van der Waals surface area contributed by atoms with Gasteiger partial charge in [-0.05, 0) is 63.4 Å².